The number of aromatic nitrogens is 2. The van der Waals surface area contributed by atoms with Crippen LogP contribution in [0.3, 0.4) is 0 Å². The van der Waals surface area contributed by atoms with Crippen LogP contribution >= 0.6 is 22.7 Å². The van der Waals surface area contributed by atoms with Crippen LogP contribution in [0.5, 0.6) is 0 Å². The molecule has 2 fully saturated rings. The van der Waals surface area contributed by atoms with Crippen LogP contribution in [0.15, 0.2) is 122 Å². The van der Waals surface area contributed by atoms with E-state index in [1.807, 2.05) is 96.7 Å². The molecule has 0 bridgehead atoms. The molecule has 0 aliphatic carbocycles. The van der Waals surface area contributed by atoms with Gasteiger partial charge in [0.15, 0.2) is 0 Å². The first-order valence-electron chi connectivity index (χ1n) is 22.0. The minimum absolute atomic E-state index is 0.0150. The predicted molar refractivity (Wildman–Crippen MR) is 247 cm³/mol. The minimum Gasteiger partial charge on any atom is -0.341 e. The molecule has 4 heterocycles. The van der Waals surface area contributed by atoms with Crippen LogP contribution in [-0.4, -0.2) is 56.4 Å². The monoisotopic (exact) mass is 863 g/mol. The van der Waals surface area contributed by atoms with Crippen molar-refractivity contribution in [2.75, 3.05) is 13.1 Å². The van der Waals surface area contributed by atoms with Crippen molar-refractivity contribution in [3.63, 3.8) is 0 Å². The fourth-order valence-corrected chi connectivity index (χ4v) is 10.9. The molecule has 4 aromatic carbocycles. The smallest absolute Gasteiger partial charge is 0.250 e. The first-order valence-corrected chi connectivity index (χ1v) is 23.6. The van der Waals surface area contributed by atoms with Gasteiger partial charge in [0.05, 0.1) is 27.8 Å². The van der Waals surface area contributed by atoms with Crippen LogP contribution in [0.4, 0.5) is 0 Å². The number of hydrogen-bond donors (Lipinski definition) is 1. The second-order valence-electron chi connectivity index (χ2n) is 16.3. The van der Waals surface area contributed by atoms with Crippen molar-refractivity contribution in [2.45, 2.75) is 95.7 Å². The van der Waals surface area contributed by atoms with E-state index in [0.29, 0.717) is 32.4 Å². The summed E-state index contributed by atoms with van der Waals surface area (Å²) >= 11 is 3.26. The van der Waals surface area contributed by atoms with Gasteiger partial charge in [0.1, 0.15) is 21.8 Å². The third-order valence-electron chi connectivity index (χ3n) is 12.0. The molecule has 2 saturated heterocycles. The summed E-state index contributed by atoms with van der Waals surface area (Å²) < 4.78 is 0. The van der Waals surface area contributed by atoms with E-state index in [1.165, 1.54) is 0 Å². The number of benzene rings is 4. The van der Waals surface area contributed by atoms with E-state index in [0.717, 1.165) is 85.3 Å². The molecule has 62 heavy (non-hydrogen) atoms. The van der Waals surface area contributed by atoms with Gasteiger partial charge in [0.25, 0.3) is 0 Å². The number of Topliss-reactive ketones (excluding diaryl/α,β-unsaturated/α-hetero) is 1. The molecule has 0 spiro atoms. The Hall–Kier alpha value is -5.78. The van der Waals surface area contributed by atoms with Crippen molar-refractivity contribution in [1.82, 2.24) is 25.1 Å². The summed E-state index contributed by atoms with van der Waals surface area (Å²) in [4.78, 5) is 69.3. The lowest BCUT2D eigenvalue weighted by atomic mass is 9.91. The largest absolute Gasteiger partial charge is 0.341 e. The number of thiazole rings is 2. The second kappa shape index (κ2) is 19.9. The highest BCUT2D eigenvalue weighted by atomic mass is 32.1. The van der Waals surface area contributed by atoms with Crippen molar-refractivity contribution >= 4 is 46.2 Å². The normalized spacial score (nSPS) is 17.2. The van der Waals surface area contributed by atoms with E-state index in [9.17, 15) is 19.2 Å². The molecule has 9 nitrogen and oxygen atoms in total. The van der Waals surface area contributed by atoms with E-state index < -0.39 is 12.0 Å². The Morgan fingerprint density at radius 3 is 1.58 bits per heavy atom. The molecule has 8 rings (SSSR count). The summed E-state index contributed by atoms with van der Waals surface area (Å²) in [6, 6.07) is 35.3. The summed E-state index contributed by atoms with van der Waals surface area (Å²) in [5.74, 6) is -0.558. The fourth-order valence-electron chi connectivity index (χ4n) is 8.78. The molecule has 318 valence electrons. The molecule has 3 amide bonds. The van der Waals surface area contributed by atoms with Crippen molar-refractivity contribution in [1.29, 1.82) is 0 Å². The van der Waals surface area contributed by atoms with Crippen molar-refractivity contribution < 1.29 is 19.2 Å². The van der Waals surface area contributed by atoms with Crippen molar-refractivity contribution in [3.8, 4) is 32.0 Å². The van der Waals surface area contributed by atoms with Crippen molar-refractivity contribution in [2.24, 2.45) is 0 Å². The van der Waals surface area contributed by atoms with E-state index in [-0.39, 0.29) is 42.0 Å². The molecule has 0 saturated carbocycles. The van der Waals surface area contributed by atoms with Gasteiger partial charge in [-0.05, 0) is 71.9 Å². The quantitative estimate of drug-likeness (QED) is 0.104. The number of amides is 3. The fraction of sp³-hybridized carbons (Fsp3) is 0.333. The Kier molecular flexibility index (Phi) is 13.8. The highest BCUT2D eigenvalue weighted by Crippen LogP contribution is 2.41. The SMILES string of the molecule is CCCC(=O)C[C@H](C(=O)N1CCC[C@H]1c1ncc(-c2ccc(-c3ccc(-c4cnc([C@@H]5CCCN5C(=O)[C@H](NC(=O)CCC)c5ccccc5)s4)cc3)cc2)s1)c1ccccc1. The van der Waals surface area contributed by atoms with Gasteiger partial charge in [-0.25, -0.2) is 9.97 Å². The summed E-state index contributed by atoms with van der Waals surface area (Å²) in [7, 11) is 0. The molecule has 6 aromatic rings. The van der Waals surface area contributed by atoms with Gasteiger partial charge >= 0.3 is 0 Å². The van der Waals surface area contributed by atoms with Crippen LogP contribution in [0.2, 0.25) is 0 Å². The second-order valence-corrected chi connectivity index (χ2v) is 18.4. The van der Waals surface area contributed by atoms with Crippen LogP contribution in [0.1, 0.15) is 117 Å². The number of hydrogen-bond acceptors (Lipinski definition) is 8. The zero-order chi connectivity index (χ0) is 43.0. The lowest BCUT2D eigenvalue weighted by Crippen LogP contribution is -2.42. The zero-order valence-electron chi connectivity index (χ0n) is 35.4. The Morgan fingerprint density at radius 2 is 1.08 bits per heavy atom. The maximum absolute atomic E-state index is 14.1. The van der Waals surface area contributed by atoms with Gasteiger partial charge in [-0.1, -0.05) is 123 Å². The molecular weight excluding hydrogens is 811 g/mol. The van der Waals surface area contributed by atoms with Crippen molar-refractivity contribution in [3.05, 3.63) is 143 Å². The molecular formula is C51H53N5O4S2. The van der Waals surface area contributed by atoms with Gasteiger partial charge in [0, 0.05) is 44.7 Å². The predicted octanol–water partition coefficient (Wildman–Crippen LogP) is 11.1. The molecule has 2 aliphatic heterocycles. The Balaban J connectivity index is 0.924. The van der Waals surface area contributed by atoms with Crippen LogP contribution in [0, 0.1) is 0 Å². The first kappa shape index (κ1) is 42.9. The number of likely N-dealkylation sites (tertiary alicyclic amines) is 2. The van der Waals surface area contributed by atoms with Gasteiger partial charge < -0.3 is 15.1 Å². The molecule has 2 aromatic heterocycles. The summed E-state index contributed by atoms with van der Waals surface area (Å²) in [5.41, 5.74) is 6.03. The minimum atomic E-state index is -0.732. The van der Waals surface area contributed by atoms with Crippen LogP contribution < -0.4 is 5.32 Å². The van der Waals surface area contributed by atoms with E-state index in [4.69, 9.17) is 9.97 Å². The standard InChI is InChI=1S/C51H53N5O4S2/c1-3-13-40(57)31-41(36-15-7-5-8-16-36)50(59)55-29-11-19-42(55)48-52-32-44(61-48)37-25-21-34(22-26-37)35-23-27-38(28-24-35)45-33-53-49(62-45)43-20-12-30-56(43)51(60)47(54-46(58)14-4-2)39-17-9-6-10-18-39/h5-10,15-18,21-28,32-33,41-43,47H,3-4,11-14,19-20,29-31H2,1-2H3,(H,54,58)/t41-,42-,43-,47+/m0/s1. The molecule has 4 atom stereocenters. The highest BCUT2D eigenvalue weighted by Gasteiger charge is 2.38. The van der Waals surface area contributed by atoms with Crippen LogP contribution in [0.25, 0.3) is 32.0 Å². The number of nitrogens with one attached hydrogen (secondary N) is 1. The van der Waals surface area contributed by atoms with E-state index in [1.54, 1.807) is 22.7 Å². The maximum atomic E-state index is 14.1. The number of carbonyl (C=O) groups is 4. The average Bonchev–Trinajstić information content (AvgIpc) is 4.16. The van der Waals surface area contributed by atoms with Gasteiger partial charge in [-0.3, -0.25) is 19.2 Å². The zero-order valence-corrected chi connectivity index (χ0v) is 37.0. The lowest BCUT2D eigenvalue weighted by molar-refractivity contribution is -0.137. The number of rotatable bonds is 16. The molecule has 11 heteroatoms. The number of ketones is 1. The summed E-state index contributed by atoms with van der Waals surface area (Å²) in [6.07, 6.45) is 9.88. The average molecular weight is 864 g/mol. The topological polar surface area (TPSA) is 113 Å². The van der Waals surface area contributed by atoms with Gasteiger partial charge in [-0.2, -0.15) is 0 Å². The molecule has 2 aliphatic rings. The molecule has 0 radical (unpaired) electrons. The lowest BCUT2D eigenvalue weighted by Gasteiger charge is -2.28. The molecule has 0 unspecified atom stereocenters. The Bertz CT molecular complexity index is 2290. The molecule has 1 N–H and O–H groups in total. The summed E-state index contributed by atoms with van der Waals surface area (Å²) in [5, 5.41) is 4.85. The Morgan fingerprint density at radius 1 is 0.613 bits per heavy atom. The van der Waals surface area contributed by atoms with E-state index >= 15 is 0 Å². The third kappa shape index (κ3) is 9.64. The highest BCUT2D eigenvalue weighted by molar-refractivity contribution is 7.15. The van der Waals surface area contributed by atoms with E-state index in [2.05, 4.69) is 53.8 Å². The maximum Gasteiger partial charge on any atom is 0.250 e. The Labute approximate surface area is 372 Å². The van der Waals surface area contributed by atoms with Gasteiger partial charge in [0.2, 0.25) is 17.7 Å². The third-order valence-corrected chi connectivity index (χ3v) is 14.3. The summed E-state index contributed by atoms with van der Waals surface area (Å²) in [6.45, 7) is 5.25. The first-order chi connectivity index (χ1) is 30.3. The van der Waals surface area contributed by atoms with Crippen LogP contribution in [-0.2, 0) is 19.2 Å². The van der Waals surface area contributed by atoms with Gasteiger partial charge in [-0.15, -0.1) is 22.7 Å². The number of carbonyl (C=O) groups excluding carboxylic acids is 4. The number of nitrogens with zero attached hydrogens (tertiary/aromatic N) is 4.